The van der Waals surface area contributed by atoms with Gasteiger partial charge in [-0.1, -0.05) is 81.4 Å². The van der Waals surface area contributed by atoms with E-state index in [4.69, 9.17) is 4.74 Å². The zero-order valence-corrected chi connectivity index (χ0v) is 22.5. The number of ether oxygens (including phenoxy) is 1. The zero-order chi connectivity index (χ0) is 25.2. The summed E-state index contributed by atoms with van der Waals surface area (Å²) in [4.78, 5) is -0.214. The molecule has 0 spiro atoms. The molecular formula is C24H30N2O5S2Si. The molecule has 0 saturated carbocycles. The minimum absolute atomic E-state index is 0.0539. The number of nitrogens with one attached hydrogen (secondary N) is 2. The topological polar surface area (TPSA) is 102 Å². The van der Waals surface area contributed by atoms with Crippen LogP contribution in [0.4, 0.5) is 0 Å². The molecule has 0 unspecified atom stereocenters. The third kappa shape index (κ3) is 4.82. The number of methoxy groups -OCH3 is 1. The van der Waals surface area contributed by atoms with E-state index >= 15 is 0 Å². The highest BCUT2D eigenvalue weighted by molar-refractivity contribution is 7.91. The van der Waals surface area contributed by atoms with Crippen LogP contribution in [0.5, 0.6) is 5.75 Å². The average Bonchev–Trinajstić information content (AvgIpc) is 2.82. The van der Waals surface area contributed by atoms with Gasteiger partial charge in [0, 0.05) is 6.07 Å². The standard InChI is InChI=1S/C24H30N2O5S2Si/c1-24(2,3)34(20-12-8-6-9-13-20,21-14-10-7-11-15-21)26-33(29,30)23-17-16-19(18-22(23)31-5)32(27,28)25-4/h6-18,25-26H,1-5H3. The molecular weight excluding hydrogens is 488 g/mol. The first-order valence-electron chi connectivity index (χ1n) is 10.7. The molecule has 2 N–H and O–H groups in total. The molecule has 0 atom stereocenters. The monoisotopic (exact) mass is 518 g/mol. The van der Waals surface area contributed by atoms with Gasteiger partial charge in [-0.05, 0) is 34.6 Å². The Morgan fingerprint density at radius 3 is 1.68 bits per heavy atom. The van der Waals surface area contributed by atoms with Crippen molar-refractivity contribution in [2.45, 2.75) is 35.6 Å². The van der Waals surface area contributed by atoms with E-state index in [0.29, 0.717) is 0 Å². The van der Waals surface area contributed by atoms with Crippen LogP contribution in [0.3, 0.4) is 0 Å². The number of rotatable bonds is 8. The Hall–Kier alpha value is -2.50. The molecule has 0 heterocycles. The molecule has 0 aliphatic carbocycles. The van der Waals surface area contributed by atoms with Gasteiger partial charge in [-0.15, -0.1) is 0 Å². The van der Waals surface area contributed by atoms with Crippen LogP contribution in [0.1, 0.15) is 20.8 Å². The van der Waals surface area contributed by atoms with Crippen molar-refractivity contribution in [3.05, 3.63) is 78.9 Å². The maximum atomic E-state index is 13.9. The largest absolute Gasteiger partial charge is 0.495 e. The normalized spacial score (nSPS) is 13.0. The van der Waals surface area contributed by atoms with Gasteiger partial charge in [0.25, 0.3) is 0 Å². The quantitative estimate of drug-likeness (QED) is 0.446. The van der Waals surface area contributed by atoms with Gasteiger partial charge in [-0.25, -0.2) is 25.9 Å². The molecule has 3 rings (SSSR count). The summed E-state index contributed by atoms with van der Waals surface area (Å²) in [6, 6.07) is 22.9. The van der Waals surface area contributed by atoms with Crippen LogP contribution in [0.25, 0.3) is 0 Å². The molecule has 0 radical (unpaired) electrons. The van der Waals surface area contributed by atoms with Crippen LogP contribution >= 0.6 is 0 Å². The van der Waals surface area contributed by atoms with Gasteiger partial charge in [-0.3, -0.25) is 0 Å². The molecule has 3 aromatic rings. The molecule has 34 heavy (non-hydrogen) atoms. The van der Waals surface area contributed by atoms with Gasteiger partial charge in [0.1, 0.15) is 10.6 Å². The van der Waals surface area contributed by atoms with Crippen molar-refractivity contribution >= 4 is 38.7 Å². The van der Waals surface area contributed by atoms with Crippen molar-refractivity contribution in [2.75, 3.05) is 14.2 Å². The van der Waals surface area contributed by atoms with Crippen LogP contribution in [0.2, 0.25) is 5.04 Å². The van der Waals surface area contributed by atoms with E-state index in [1.54, 1.807) is 0 Å². The predicted octanol–water partition coefficient (Wildman–Crippen LogP) is 2.44. The molecule has 0 saturated heterocycles. The van der Waals surface area contributed by atoms with Gasteiger partial charge in [0.05, 0.1) is 12.0 Å². The first kappa shape index (κ1) is 26.1. The molecule has 10 heteroatoms. The second kappa shape index (κ2) is 9.63. The Kier molecular flexibility index (Phi) is 7.39. The molecule has 7 nitrogen and oxygen atoms in total. The van der Waals surface area contributed by atoms with Gasteiger partial charge >= 0.3 is 0 Å². The van der Waals surface area contributed by atoms with Crippen molar-refractivity contribution in [3.8, 4) is 5.75 Å². The lowest BCUT2D eigenvalue weighted by molar-refractivity contribution is 0.401. The maximum absolute atomic E-state index is 13.9. The Labute approximate surface area is 203 Å². The molecule has 0 aliphatic rings. The van der Waals surface area contributed by atoms with E-state index in [0.717, 1.165) is 10.4 Å². The Balaban J connectivity index is 2.27. The maximum Gasteiger partial charge on any atom is 0.240 e. The van der Waals surface area contributed by atoms with Crippen LogP contribution in [0, 0.1) is 0 Å². The summed E-state index contributed by atoms with van der Waals surface area (Å²) >= 11 is 0. The van der Waals surface area contributed by atoms with Crippen LogP contribution in [-0.4, -0.2) is 39.2 Å². The number of hydrogen-bond acceptors (Lipinski definition) is 5. The van der Waals surface area contributed by atoms with Gasteiger partial charge in [0.2, 0.25) is 28.3 Å². The highest BCUT2D eigenvalue weighted by atomic mass is 32.2. The average molecular weight is 519 g/mol. The van der Waals surface area contributed by atoms with E-state index in [9.17, 15) is 16.8 Å². The third-order valence-electron chi connectivity index (χ3n) is 5.83. The summed E-state index contributed by atoms with van der Waals surface area (Å²) in [6.07, 6.45) is 0. The number of hydrogen-bond donors (Lipinski definition) is 2. The summed E-state index contributed by atoms with van der Waals surface area (Å²) in [5.74, 6) is -0.0539. The summed E-state index contributed by atoms with van der Waals surface area (Å²) < 4.78 is 63.0. The summed E-state index contributed by atoms with van der Waals surface area (Å²) in [7, 11) is -8.49. The molecule has 0 aromatic heterocycles. The minimum atomic E-state index is -4.14. The summed E-state index contributed by atoms with van der Waals surface area (Å²) in [6.45, 7) is 6.09. The Morgan fingerprint density at radius 1 is 0.765 bits per heavy atom. The smallest absolute Gasteiger partial charge is 0.240 e. The SMILES string of the molecule is CNS(=O)(=O)c1ccc(S(=O)(=O)N[Si](c2ccccc2)(c2ccccc2)C(C)(C)C)c(OC)c1. The lowest BCUT2D eigenvalue weighted by atomic mass is 10.2. The van der Waals surface area contributed by atoms with Crippen molar-refractivity contribution in [2.24, 2.45) is 0 Å². The van der Waals surface area contributed by atoms with Crippen molar-refractivity contribution in [1.82, 2.24) is 9.11 Å². The van der Waals surface area contributed by atoms with Crippen molar-refractivity contribution in [3.63, 3.8) is 0 Å². The Morgan fingerprint density at radius 2 is 1.26 bits per heavy atom. The first-order chi connectivity index (χ1) is 15.9. The first-order valence-corrected chi connectivity index (χ1v) is 15.6. The Bertz CT molecular complexity index is 1320. The predicted molar refractivity (Wildman–Crippen MR) is 137 cm³/mol. The molecule has 0 amide bonds. The highest BCUT2D eigenvalue weighted by Crippen LogP contribution is 2.36. The molecule has 0 aliphatic heterocycles. The second-order valence-electron chi connectivity index (χ2n) is 8.86. The van der Waals surface area contributed by atoms with E-state index in [2.05, 4.69) is 9.11 Å². The fourth-order valence-electron chi connectivity index (χ4n) is 4.09. The fourth-order valence-corrected chi connectivity index (χ4v) is 13.2. The van der Waals surface area contributed by atoms with Crippen LogP contribution in [0.15, 0.2) is 88.7 Å². The molecule has 0 fully saturated rings. The van der Waals surface area contributed by atoms with E-state index < -0.39 is 33.3 Å². The van der Waals surface area contributed by atoms with E-state index in [1.807, 2.05) is 81.4 Å². The van der Waals surface area contributed by atoms with Crippen LogP contribution in [-0.2, 0) is 20.0 Å². The zero-order valence-electron chi connectivity index (χ0n) is 19.9. The number of benzene rings is 3. The lowest BCUT2D eigenvalue weighted by Crippen LogP contribution is -2.74. The highest BCUT2D eigenvalue weighted by Gasteiger charge is 2.51. The summed E-state index contributed by atoms with van der Waals surface area (Å²) in [5, 5.41) is 1.35. The van der Waals surface area contributed by atoms with Gasteiger partial charge < -0.3 is 4.74 Å². The van der Waals surface area contributed by atoms with Crippen molar-refractivity contribution in [1.29, 1.82) is 0 Å². The lowest BCUT2D eigenvalue weighted by Gasteiger charge is -2.43. The summed E-state index contributed by atoms with van der Waals surface area (Å²) in [5.41, 5.74) is 0. The number of sulfonamides is 2. The molecule has 3 aromatic carbocycles. The minimum Gasteiger partial charge on any atom is -0.495 e. The van der Waals surface area contributed by atoms with Gasteiger partial charge in [0.15, 0.2) is 0 Å². The molecule has 0 bridgehead atoms. The second-order valence-corrected chi connectivity index (χ2v) is 17.2. The van der Waals surface area contributed by atoms with Crippen LogP contribution < -0.4 is 24.2 Å². The van der Waals surface area contributed by atoms with E-state index in [-0.39, 0.29) is 15.5 Å². The molecule has 182 valence electrons. The van der Waals surface area contributed by atoms with Gasteiger partial charge in [-0.2, -0.15) is 0 Å². The van der Waals surface area contributed by atoms with E-state index in [1.165, 1.54) is 32.4 Å². The third-order valence-corrected chi connectivity index (χ3v) is 15.1. The van der Waals surface area contributed by atoms with Crippen molar-refractivity contribution < 1.29 is 21.6 Å². The fraction of sp³-hybridized carbons (Fsp3) is 0.250.